The van der Waals surface area contributed by atoms with Crippen LogP contribution >= 0.6 is 11.6 Å². The van der Waals surface area contributed by atoms with E-state index in [-0.39, 0.29) is 17.5 Å². The molecule has 3 rings (SSSR count). The fourth-order valence-electron chi connectivity index (χ4n) is 2.66. The second-order valence-corrected chi connectivity index (χ2v) is 6.75. The number of benzene rings is 2. The van der Waals surface area contributed by atoms with Crippen LogP contribution in [0.5, 0.6) is 5.75 Å². The number of hydrogen-bond acceptors (Lipinski definition) is 6. The number of nitrogens with one attached hydrogen (secondary N) is 2. The van der Waals surface area contributed by atoms with E-state index in [4.69, 9.17) is 16.7 Å². The van der Waals surface area contributed by atoms with Gasteiger partial charge < -0.3 is 20.5 Å². The molecule has 0 saturated carbocycles. The summed E-state index contributed by atoms with van der Waals surface area (Å²) >= 11 is 6.24. The first kappa shape index (κ1) is 22.2. The molecule has 0 aliphatic carbocycles. The highest BCUT2D eigenvalue weighted by atomic mass is 35.5. The number of carboxylic acids is 1. The van der Waals surface area contributed by atoms with Gasteiger partial charge in [0.25, 0.3) is 0 Å². The third kappa shape index (κ3) is 6.22. The van der Waals surface area contributed by atoms with Crippen molar-refractivity contribution < 1.29 is 27.8 Å². The summed E-state index contributed by atoms with van der Waals surface area (Å²) in [6.45, 7) is 1.38. The molecule has 0 atom stereocenters. The topological polar surface area (TPSA) is 96.4 Å². The third-order valence-corrected chi connectivity index (χ3v) is 4.28. The Balaban J connectivity index is 2.01. The van der Waals surface area contributed by atoms with Crippen LogP contribution in [0.25, 0.3) is 11.3 Å². The van der Waals surface area contributed by atoms with Crippen molar-refractivity contribution in [2.75, 3.05) is 17.2 Å². The van der Waals surface area contributed by atoms with Crippen LogP contribution in [0.1, 0.15) is 5.56 Å². The van der Waals surface area contributed by atoms with Crippen molar-refractivity contribution in [3.8, 4) is 17.0 Å². The molecule has 0 fully saturated rings. The van der Waals surface area contributed by atoms with Gasteiger partial charge in [-0.2, -0.15) is 4.98 Å². The van der Waals surface area contributed by atoms with Gasteiger partial charge in [0.05, 0.1) is 16.4 Å². The van der Waals surface area contributed by atoms with E-state index in [0.717, 1.165) is 11.6 Å². The number of para-hydroxylation sites is 1. The first-order chi connectivity index (χ1) is 14.6. The maximum atomic E-state index is 12.6. The SMILES string of the molecule is Cc1cccc(Cl)c1Nc1cc(-c2cccc(OC(F)(F)F)c2)nc(NCC(=O)O)n1. The molecule has 1 aromatic heterocycles. The largest absolute Gasteiger partial charge is 0.573 e. The Morgan fingerprint density at radius 3 is 2.58 bits per heavy atom. The van der Waals surface area contributed by atoms with E-state index in [2.05, 4.69) is 25.3 Å². The highest BCUT2D eigenvalue weighted by Crippen LogP contribution is 2.31. The van der Waals surface area contributed by atoms with Crippen molar-refractivity contribution in [2.45, 2.75) is 13.3 Å². The number of anilines is 3. The Hall–Kier alpha value is -3.53. The van der Waals surface area contributed by atoms with Gasteiger partial charge in [0.1, 0.15) is 18.1 Å². The summed E-state index contributed by atoms with van der Waals surface area (Å²) in [5.74, 6) is -1.32. The van der Waals surface area contributed by atoms with Gasteiger partial charge in [0.2, 0.25) is 5.95 Å². The molecule has 11 heteroatoms. The zero-order chi connectivity index (χ0) is 22.6. The zero-order valence-electron chi connectivity index (χ0n) is 16.0. The number of aliphatic carboxylic acids is 1. The Morgan fingerprint density at radius 1 is 1.16 bits per heavy atom. The number of halogens is 4. The maximum absolute atomic E-state index is 12.6. The molecule has 31 heavy (non-hydrogen) atoms. The van der Waals surface area contributed by atoms with Gasteiger partial charge in [-0.3, -0.25) is 4.79 Å². The number of aromatic nitrogens is 2. The standard InChI is InChI=1S/C20H16ClF3N4O3/c1-11-4-2-7-14(21)18(11)27-16-9-15(26-19(28-16)25-10-17(29)30)12-5-3-6-13(8-12)31-20(22,23)24/h2-9H,10H2,1H3,(H,29,30)(H2,25,26,27,28). The number of alkyl halides is 3. The molecule has 0 aliphatic heterocycles. The predicted molar refractivity (Wildman–Crippen MR) is 110 cm³/mol. The number of hydrogen-bond donors (Lipinski definition) is 3. The van der Waals surface area contributed by atoms with E-state index in [0.29, 0.717) is 16.3 Å². The average Bonchev–Trinajstić information content (AvgIpc) is 2.68. The lowest BCUT2D eigenvalue weighted by atomic mass is 10.1. The number of carboxylic acid groups (broad SMARTS) is 1. The van der Waals surface area contributed by atoms with Crippen molar-refractivity contribution in [1.29, 1.82) is 0 Å². The van der Waals surface area contributed by atoms with Crippen LogP contribution in [0, 0.1) is 6.92 Å². The minimum absolute atomic E-state index is 0.0331. The van der Waals surface area contributed by atoms with Crippen LogP contribution in [0.15, 0.2) is 48.5 Å². The van der Waals surface area contributed by atoms with Gasteiger partial charge in [0.15, 0.2) is 0 Å². The van der Waals surface area contributed by atoms with Crippen molar-refractivity contribution in [1.82, 2.24) is 9.97 Å². The molecular weight excluding hydrogens is 437 g/mol. The summed E-state index contributed by atoms with van der Waals surface area (Å²) in [4.78, 5) is 19.3. The van der Waals surface area contributed by atoms with Gasteiger partial charge >= 0.3 is 12.3 Å². The van der Waals surface area contributed by atoms with Crippen LogP contribution in [0.3, 0.4) is 0 Å². The van der Waals surface area contributed by atoms with Crippen LogP contribution in [-0.4, -0.2) is 34.0 Å². The van der Waals surface area contributed by atoms with Crippen LogP contribution < -0.4 is 15.4 Å². The van der Waals surface area contributed by atoms with Crippen molar-refractivity contribution in [3.63, 3.8) is 0 Å². The lowest BCUT2D eigenvalue weighted by molar-refractivity contribution is -0.274. The number of carbonyl (C=O) groups is 1. The van der Waals surface area contributed by atoms with Gasteiger partial charge in [-0.05, 0) is 30.7 Å². The molecule has 0 amide bonds. The zero-order valence-corrected chi connectivity index (χ0v) is 16.8. The molecule has 162 valence electrons. The van der Waals surface area contributed by atoms with Gasteiger partial charge in [0, 0.05) is 11.6 Å². The van der Waals surface area contributed by atoms with E-state index >= 15 is 0 Å². The summed E-state index contributed by atoms with van der Waals surface area (Å²) < 4.78 is 41.6. The summed E-state index contributed by atoms with van der Waals surface area (Å²) in [5.41, 5.74) is 1.95. The van der Waals surface area contributed by atoms with Crippen molar-refractivity contribution in [2.24, 2.45) is 0 Å². The van der Waals surface area contributed by atoms with Gasteiger partial charge in [-0.15, -0.1) is 13.2 Å². The molecule has 3 aromatic rings. The van der Waals surface area contributed by atoms with E-state index in [1.165, 1.54) is 24.3 Å². The molecule has 1 heterocycles. The summed E-state index contributed by atoms with van der Waals surface area (Å²) in [7, 11) is 0. The van der Waals surface area contributed by atoms with Crippen molar-refractivity contribution >= 4 is 35.0 Å². The molecule has 0 unspecified atom stereocenters. The van der Waals surface area contributed by atoms with E-state index in [1.54, 1.807) is 12.1 Å². The fourth-order valence-corrected chi connectivity index (χ4v) is 2.93. The van der Waals surface area contributed by atoms with Crippen LogP contribution in [0.2, 0.25) is 5.02 Å². The molecule has 0 saturated heterocycles. The van der Waals surface area contributed by atoms with Crippen LogP contribution in [0.4, 0.5) is 30.6 Å². The molecule has 0 radical (unpaired) electrons. The summed E-state index contributed by atoms with van der Waals surface area (Å²) in [6, 6.07) is 12.0. The predicted octanol–water partition coefficient (Wildman–Crippen LogP) is 5.24. The first-order valence-corrected chi connectivity index (χ1v) is 9.21. The second kappa shape index (κ2) is 9.09. The number of nitrogens with zero attached hydrogens (tertiary/aromatic N) is 2. The Kier molecular flexibility index (Phi) is 6.50. The lowest BCUT2D eigenvalue weighted by Crippen LogP contribution is -2.17. The number of ether oxygens (including phenoxy) is 1. The third-order valence-electron chi connectivity index (χ3n) is 3.96. The highest BCUT2D eigenvalue weighted by molar-refractivity contribution is 6.33. The first-order valence-electron chi connectivity index (χ1n) is 8.84. The van der Waals surface area contributed by atoms with E-state index < -0.39 is 24.6 Å². The average molecular weight is 453 g/mol. The fraction of sp³-hybridized carbons (Fsp3) is 0.150. The molecule has 0 bridgehead atoms. The lowest BCUT2D eigenvalue weighted by Gasteiger charge is -2.14. The number of rotatable bonds is 7. The normalized spacial score (nSPS) is 11.1. The molecule has 0 spiro atoms. The minimum atomic E-state index is -4.84. The quantitative estimate of drug-likeness (QED) is 0.451. The van der Waals surface area contributed by atoms with Gasteiger partial charge in [-0.1, -0.05) is 35.9 Å². The van der Waals surface area contributed by atoms with Gasteiger partial charge in [-0.25, -0.2) is 4.98 Å². The second-order valence-electron chi connectivity index (χ2n) is 6.34. The Labute approximate surface area is 179 Å². The van der Waals surface area contributed by atoms with E-state index in [9.17, 15) is 18.0 Å². The molecule has 2 aromatic carbocycles. The Bertz CT molecular complexity index is 1090. The summed E-state index contributed by atoms with van der Waals surface area (Å²) in [6.07, 6.45) is -4.84. The minimum Gasteiger partial charge on any atom is -0.480 e. The molecule has 0 aliphatic rings. The molecular formula is C20H16ClF3N4O3. The highest BCUT2D eigenvalue weighted by Gasteiger charge is 2.31. The molecule has 7 nitrogen and oxygen atoms in total. The molecule has 3 N–H and O–H groups in total. The van der Waals surface area contributed by atoms with Crippen molar-refractivity contribution in [3.05, 3.63) is 59.1 Å². The van der Waals surface area contributed by atoms with Crippen LogP contribution in [-0.2, 0) is 4.79 Å². The Morgan fingerprint density at radius 2 is 1.90 bits per heavy atom. The smallest absolute Gasteiger partial charge is 0.480 e. The number of aryl methyl sites for hydroxylation is 1. The monoisotopic (exact) mass is 452 g/mol. The van der Waals surface area contributed by atoms with E-state index in [1.807, 2.05) is 13.0 Å². The summed E-state index contributed by atoms with van der Waals surface area (Å²) in [5, 5.41) is 14.9. The maximum Gasteiger partial charge on any atom is 0.573 e.